The number of rotatable bonds is 3. The summed E-state index contributed by atoms with van der Waals surface area (Å²) in [6.07, 6.45) is 6.00. The Morgan fingerprint density at radius 2 is 2.05 bits per heavy atom. The molecule has 1 aromatic rings. The summed E-state index contributed by atoms with van der Waals surface area (Å²) < 4.78 is 0. The lowest BCUT2D eigenvalue weighted by molar-refractivity contribution is -0.122. The maximum absolute atomic E-state index is 12.1. The second-order valence-electron chi connectivity index (χ2n) is 6.04. The highest BCUT2D eigenvalue weighted by Gasteiger charge is 2.30. The molecule has 3 rings (SSSR count). The first-order valence-electron chi connectivity index (χ1n) is 7.31. The van der Waals surface area contributed by atoms with Crippen molar-refractivity contribution < 1.29 is 9.59 Å². The van der Waals surface area contributed by atoms with Crippen LogP contribution in [-0.2, 0) is 17.6 Å². The molecule has 1 aromatic heterocycles. The number of nitrogens with one attached hydrogen (secondary N) is 1. The Morgan fingerprint density at radius 3 is 2.65 bits per heavy atom. The van der Waals surface area contributed by atoms with Crippen LogP contribution in [0.3, 0.4) is 0 Å². The molecule has 108 valence electrons. The Kier molecular flexibility index (Phi) is 3.54. The average molecular weight is 292 g/mol. The Balaban J connectivity index is 1.89. The van der Waals surface area contributed by atoms with Crippen LogP contribution in [-0.4, -0.2) is 11.8 Å². The van der Waals surface area contributed by atoms with Gasteiger partial charge in [0.15, 0.2) is 0 Å². The van der Waals surface area contributed by atoms with Gasteiger partial charge in [-0.15, -0.1) is 11.3 Å². The Hall–Kier alpha value is -1.36. The fourth-order valence-corrected chi connectivity index (χ4v) is 4.40. The summed E-state index contributed by atoms with van der Waals surface area (Å²) >= 11 is 1.54. The third-order valence-corrected chi connectivity index (χ3v) is 5.64. The van der Waals surface area contributed by atoms with Crippen molar-refractivity contribution in [1.82, 2.24) is 0 Å². The molecule has 0 saturated heterocycles. The summed E-state index contributed by atoms with van der Waals surface area (Å²) in [5.41, 5.74) is 7.17. The van der Waals surface area contributed by atoms with Gasteiger partial charge in [0.25, 0.3) is 5.91 Å². The zero-order chi connectivity index (χ0) is 14.3. The van der Waals surface area contributed by atoms with Crippen molar-refractivity contribution in [2.24, 2.45) is 17.6 Å². The number of carbonyl (C=O) groups is 2. The molecule has 20 heavy (non-hydrogen) atoms. The molecule has 1 heterocycles. The van der Waals surface area contributed by atoms with Crippen LogP contribution in [0.5, 0.6) is 0 Å². The third-order valence-electron chi connectivity index (χ3n) is 4.47. The van der Waals surface area contributed by atoms with E-state index in [2.05, 4.69) is 12.2 Å². The molecule has 4 nitrogen and oxygen atoms in total. The lowest BCUT2D eigenvalue weighted by Gasteiger charge is -2.23. The molecule has 0 aliphatic heterocycles. The fourth-order valence-electron chi connectivity index (χ4n) is 2.98. The van der Waals surface area contributed by atoms with E-state index in [1.807, 2.05) is 0 Å². The first-order valence-corrected chi connectivity index (χ1v) is 8.13. The molecule has 0 bridgehead atoms. The number of carbonyl (C=O) groups excluding carboxylic acids is 2. The van der Waals surface area contributed by atoms with E-state index in [1.165, 1.54) is 4.88 Å². The van der Waals surface area contributed by atoms with Gasteiger partial charge >= 0.3 is 0 Å². The van der Waals surface area contributed by atoms with Crippen LogP contribution in [0.1, 0.15) is 53.4 Å². The summed E-state index contributed by atoms with van der Waals surface area (Å²) in [5.74, 6) is 0.386. The van der Waals surface area contributed by atoms with Gasteiger partial charge in [0, 0.05) is 10.8 Å². The molecule has 1 saturated carbocycles. The number of anilines is 1. The number of primary amides is 1. The number of thiophene rings is 1. The maximum Gasteiger partial charge on any atom is 0.251 e. The van der Waals surface area contributed by atoms with Gasteiger partial charge in [0.05, 0.1) is 5.56 Å². The second kappa shape index (κ2) is 5.20. The van der Waals surface area contributed by atoms with E-state index >= 15 is 0 Å². The molecule has 2 aliphatic rings. The molecule has 2 aliphatic carbocycles. The van der Waals surface area contributed by atoms with E-state index in [4.69, 9.17) is 5.73 Å². The van der Waals surface area contributed by atoms with Crippen molar-refractivity contribution in [3.05, 3.63) is 16.0 Å². The number of hydrogen-bond donors (Lipinski definition) is 2. The van der Waals surface area contributed by atoms with Crippen molar-refractivity contribution in [3.63, 3.8) is 0 Å². The van der Waals surface area contributed by atoms with Crippen molar-refractivity contribution in [1.29, 1.82) is 0 Å². The normalized spacial score (nSPS) is 21.9. The van der Waals surface area contributed by atoms with Crippen LogP contribution >= 0.6 is 11.3 Å². The zero-order valence-electron chi connectivity index (χ0n) is 11.7. The predicted molar refractivity (Wildman–Crippen MR) is 80.0 cm³/mol. The number of nitrogens with two attached hydrogens (primary N) is 1. The standard InChI is InChI=1S/C15H20N2O2S/c1-8-5-6-10-11(7-8)20-15(12(10)13(16)18)17-14(19)9-3-2-4-9/h8-9H,2-7H2,1H3,(H2,16,18)(H,17,19)/t8-/m1/s1. The molecule has 0 unspecified atom stereocenters. The summed E-state index contributed by atoms with van der Waals surface area (Å²) in [6, 6.07) is 0. The van der Waals surface area contributed by atoms with Gasteiger partial charge in [0.2, 0.25) is 5.91 Å². The van der Waals surface area contributed by atoms with Crippen molar-refractivity contribution in [2.45, 2.75) is 45.4 Å². The summed E-state index contributed by atoms with van der Waals surface area (Å²) in [7, 11) is 0. The van der Waals surface area contributed by atoms with E-state index in [0.717, 1.165) is 44.1 Å². The quantitative estimate of drug-likeness (QED) is 0.899. The predicted octanol–water partition coefficient (Wildman–Crippen LogP) is 2.71. The van der Waals surface area contributed by atoms with Gasteiger partial charge in [-0.1, -0.05) is 13.3 Å². The molecule has 1 fully saturated rings. The van der Waals surface area contributed by atoms with Crippen LogP contribution < -0.4 is 11.1 Å². The van der Waals surface area contributed by atoms with Gasteiger partial charge in [-0.25, -0.2) is 0 Å². The molecular formula is C15H20N2O2S. The monoisotopic (exact) mass is 292 g/mol. The largest absolute Gasteiger partial charge is 0.365 e. The van der Waals surface area contributed by atoms with Crippen LogP contribution in [0.2, 0.25) is 0 Å². The number of hydrogen-bond acceptors (Lipinski definition) is 3. The van der Waals surface area contributed by atoms with Gasteiger partial charge in [-0.2, -0.15) is 0 Å². The molecule has 3 N–H and O–H groups in total. The molecule has 0 radical (unpaired) electrons. The Labute approximate surface area is 122 Å². The minimum atomic E-state index is -0.416. The lowest BCUT2D eigenvalue weighted by Crippen LogP contribution is -2.28. The van der Waals surface area contributed by atoms with Crippen LogP contribution in [0, 0.1) is 11.8 Å². The molecular weight excluding hydrogens is 272 g/mol. The minimum Gasteiger partial charge on any atom is -0.365 e. The van der Waals surface area contributed by atoms with Crippen LogP contribution in [0.4, 0.5) is 5.00 Å². The third kappa shape index (κ3) is 2.35. The highest BCUT2D eigenvalue weighted by molar-refractivity contribution is 7.17. The second-order valence-corrected chi connectivity index (χ2v) is 7.14. The number of amides is 2. The maximum atomic E-state index is 12.1. The van der Waals surface area contributed by atoms with Gasteiger partial charge < -0.3 is 11.1 Å². The van der Waals surface area contributed by atoms with Gasteiger partial charge in [-0.3, -0.25) is 9.59 Å². The zero-order valence-corrected chi connectivity index (χ0v) is 12.5. The molecule has 0 spiro atoms. The van der Waals surface area contributed by atoms with Crippen molar-refractivity contribution in [3.8, 4) is 0 Å². The molecule has 1 atom stereocenters. The summed E-state index contributed by atoms with van der Waals surface area (Å²) in [5, 5.41) is 3.62. The van der Waals surface area contributed by atoms with E-state index < -0.39 is 5.91 Å². The van der Waals surface area contributed by atoms with E-state index in [-0.39, 0.29) is 11.8 Å². The minimum absolute atomic E-state index is 0.0467. The van der Waals surface area contributed by atoms with Crippen LogP contribution in [0.15, 0.2) is 0 Å². The van der Waals surface area contributed by atoms with E-state index in [0.29, 0.717) is 16.5 Å². The fraction of sp³-hybridized carbons (Fsp3) is 0.600. The smallest absolute Gasteiger partial charge is 0.251 e. The highest BCUT2D eigenvalue weighted by atomic mass is 32.1. The Morgan fingerprint density at radius 1 is 1.30 bits per heavy atom. The van der Waals surface area contributed by atoms with Crippen molar-refractivity contribution in [2.75, 3.05) is 5.32 Å². The van der Waals surface area contributed by atoms with Crippen LogP contribution in [0.25, 0.3) is 0 Å². The molecule has 0 aromatic carbocycles. The van der Waals surface area contributed by atoms with Gasteiger partial charge in [0.1, 0.15) is 5.00 Å². The first-order chi connectivity index (χ1) is 9.56. The highest BCUT2D eigenvalue weighted by Crippen LogP contribution is 2.40. The molecule has 5 heteroatoms. The summed E-state index contributed by atoms with van der Waals surface area (Å²) in [6.45, 7) is 2.22. The van der Waals surface area contributed by atoms with Crippen molar-refractivity contribution >= 4 is 28.2 Å². The SMILES string of the molecule is C[C@@H]1CCc2c(sc(NC(=O)C3CCC3)c2C(N)=O)C1. The van der Waals surface area contributed by atoms with E-state index in [1.54, 1.807) is 11.3 Å². The number of fused-ring (bicyclic) bond motifs is 1. The summed E-state index contributed by atoms with van der Waals surface area (Å²) in [4.78, 5) is 25.1. The Bertz CT molecular complexity index is 560. The first kappa shape index (κ1) is 13.6. The van der Waals surface area contributed by atoms with E-state index in [9.17, 15) is 9.59 Å². The van der Waals surface area contributed by atoms with Gasteiger partial charge in [-0.05, 0) is 43.6 Å². The molecule has 2 amide bonds. The topological polar surface area (TPSA) is 72.2 Å². The lowest BCUT2D eigenvalue weighted by atomic mass is 9.85. The average Bonchev–Trinajstić information content (AvgIpc) is 2.63.